The summed E-state index contributed by atoms with van der Waals surface area (Å²) in [6.07, 6.45) is 0.359. The van der Waals surface area contributed by atoms with Crippen molar-refractivity contribution in [3.05, 3.63) is 52.6 Å². The lowest BCUT2D eigenvalue weighted by Gasteiger charge is -2.34. The molecule has 9 heteroatoms. The van der Waals surface area contributed by atoms with Crippen molar-refractivity contribution in [3.63, 3.8) is 0 Å². The van der Waals surface area contributed by atoms with Crippen LogP contribution in [0, 0.1) is 0 Å². The zero-order chi connectivity index (χ0) is 20.1. The van der Waals surface area contributed by atoms with Gasteiger partial charge in [0, 0.05) is 31.2 Å². The van der Waals surface area contributed by atoms with E-state index in [9.17, 15) is 4.79 Å². The number of amides is 1. The number of thiophene rings is 1. The second kappa shape index (κ2) is 9.39. The molecule has 4 rings (SSSR count). The van der Waals surface area contributed by atoms with Crippen LogP contribution >= 0.6 is 22.9 Å². The summed E-state index contributed by atoms with van der Waals surface area (Å²) in [6.45, 7) is 3.93. The van der Waals surface area contributed by atoms with E-state index in [1.54, 1.807) is 35.6 Å². The van der Waals surface area contributed by atoms with E-state index in [2.05, 4.69) is 15.0 Å². The van der Waals surface area contributed by atoms with Crippen LogP contribution in [0.3, 0.4) is 0 Å². The number of ether oxygens (including phenoxy) is 1. The third-order valence-electron chi connectivity index (χ3n) is 4.69. The monoisotopic (exact) mass is 432 g/mol. The second-order valence-corrected chi connectivity index (χ2v) is 8.09. The summed E-state index contributed by atoms with van der Waals surface area (Å²) in [7, 11) is 0. The first-order valence-electron chi connectivity index (χ1n) is 9.42. The van der Waals surface area contributed by atoms with E-state index in [-0.39, 0.29) is 5.91 Å². The molecule has 3 aromatic rings. The van der Waals surface area contributed by atoms with E-state index in [0.717, 1.165) is 18.0 Å². The van der Waals surface area contributed by atoms with Crippen molar-refractivity contribution in [3.8, 4) is 16.5 Å². The van der Waals surface area contributed by atoms with Crippen molar-refractivity contribution in [2.75, 3.05) is 32.8 Å². The first-order chi connectivity index (χ1) is 14.2. The summed E-state index contributed by atoms with van der Waals surface area (Å²) in [4.78, 5) is 22.0. The Bertz CT molecular complexity index is 922. The molecule has 0 radical (unpaired) electrons. The van der Waals surface area contributed by atoms with Crippen LogP contribution < -0.4 is 4.74 Å². The zero-order valence-corrected chi connectivity index (χ0v) is 17.4. The summed E-state index contributed by atoms with van der Waals surface area (Å²) in [5, 5.41) is 6.71. The van der Waals surface area contributed by atoms with E-state index >= 15 is 0 Å². The smallest absolute Gasteiger partial charge is 0.268 e. The van der Waals surface area contributed by atoms with Crippen molar-refractivity contribution in [2.24, 2.45) is 0 Å². The number of piperazine rings is 1. The standard InChI is InChI=1S/C20H21ClN4O3S/c21-15-3-5-16(6-4-15)27-12-7-19(26)25-10-8-24(9-11-25)14-18-22-20(28-23-18)17-2-1-13-29-17/h1-6,13H,7-12,14H2. The molecule has 2 aromatic heterocycles. The van der Waals surface area contributed by atoms with Gasteiger partial charge in [0.2, 0.25) is 5.91 Å². The number of carbonyl (C=O) groups is 1. The summed E-state index contributed by atoms with van der Waals surface area (Å²) < 4.78 is 10.9. The molecule has 0 atom stereocenters. The lowest BCUT2D eigenvalue weighted by atomic mass is 10.2. The van der Waals surface area contributed by atoms with Crippen molar-refractivity contribution < 1.29 is 14.1 Å². The molecule has 1 aliphatic rings. The molecule has 152 valence electrons. The van der Waals surface area contributed by atoms with Gasteiger partial charge in [-0.2, -0.15) is 4.98 Å². The molecule has 0 spiro atoms. The Kier molecular flexibility index (Phi) is 6.43. The average Bonchev–Trinajstić information content (AvgIpc) is 3.42. The molecule has 1 aromatic carbocycles. The van der Waals surface area contributed by atoms with E-state index in [1.165, 1.54) is 0 Å². The quantitative estimate of drug-likeness (QED) is 0.568. The van der Waals surface area contributed by atoms with E-state index in [1.807, 2.05) is 22.4 Å². The molecule has 1 amide bonds. The first kappa shape index (κ1) is 19.9. The molecule has 1 saturated heterocycles. The highest BCUT2D eigenvalue weighted by atomic mass is 35.5. The summed E-state index contributed by atoms with van der Waals surface area (Å²) in [5.41, 5.74) is 0. The van der Waals surface area contributed by atoms with E-state index < -0.39 is 0 Å². The van der Waals surface area contributed by atoms with E-state index in [0.29, 0.717) is 55.1 Å². The summed E-state index contributed by atoms with van der Waals surface area (Å²) >= 11 is 7.43. The number of hydrogen-bond acceptors (Lipinski definition) is 7. The van der Waals surface area contributed by atoms with Crippen LogP contribution in [-0.2, 0) is 11.3 Å². The third kappa shape index (κ3) is 5.35. The summed E-state index contributed by atoms with van der Waals surface area (Å²) in [6, 6.07) is 11.1. The number of carbonyl (C=O) groups excluding carboxylic acids is 1. The molecular formula is C20H21ClN4O3S. The molecule has 0 saturated carbocycles. The van der Waals surface area contributed by atoms with Gasteiger partial charge in [0.15, 0.2) is 5.82 Å². The maximum atomic E-state index is 12.4. The van der Waals surface area contributed by atoms with Crippen molar-refractivity contribution >= 4 is 28.8 Å². The Balaban J connectivity index is 1.19. The van der Waals surface area contributed by atoms with Crippen LogP contribution in [0.25, 0.3) is 10.8 Å². The summed E-state index contributed by atoms with van der Waals surface area (Å²) in [5.74, 6) is 2.06. The molecule has 1 aliphatic heterocycles. The van der Waals surface area contributed by atoms with Crippen LogP contribution in [-0.4, -0.2) is 58.6 Å². The number of nitrogens with zero attached hydrogens (tertiary/aromatic N) is 4. The Hall–Kier alpha value is -2.42. The van der Waals surface area contributed by atoms with Crippen LogP contribution in [0.2, 0.25) is 5.02 Å². The fraction of sp³-hybridized carbons (Fsp3) is 0.350. The molecule has 0 unspecified atom stereocenters. The van der Waals surface area contributed by atoms with Crippen molar-refractivity contribution in [1.29, 1.82) is 0 Å². The third-order valence-corrected chi connectivity index (χ3v) is 5.80. The van der Waals surface area contributed by atoms with Crippen LogP contribution in [0.5, 0.6) is 5.75 Å². The maximum Gasteiger partial charge on any atom is 0.268 e. The SMILES string of the molecule is O=C(CCOc1ccc(Cl)cc1)N1CCN(Cc2noc(-c3cccs3)n2)CC1. The fourth-order valence-electron chi connectivity index (χ4n) is 3.12. The van der Waals surface area contributed by atoms with Crippen LogP contribution in [0.1, 0.15) is 12.2 Å². The molecule has 29 heavy (non-hydrogen) atoms. The lowest BCUT2D eigenvalue weighted by Crippen LogP contribution is -2.48. The lowest BCUT2D eigenvalue weighted by molar-refractivity contribution is -0.133. The largest absolute Gasteiger partial charge is 0.493 e. The zero-order valence-electron chi connectivity index (χ0n) is 15.8. The minimum Gasteiger partial charge on any atom is -0.493 e. The minimum atomic E-state index is 0.109. The van der Waals surface area contributed by atoms with Crippen molar-refractivity contribution in [1.82, 2.24) is 19.9 Å². The predicted octanol–water partition coefficient (Wildman–Crippen LogP) is 3.56. The van der Waals surface area contributed by atoms with Gasteiger partial charge < -0.3 is 14.2 Å². The first-order valence-corrected chi connectivity index (χ1v) is 10.7. The highest BCUT2D eigenvalue weighted by Crippen LogP contribution is 2.23. The van der Waals surface area contributed by atoms with Gasteiger partial charge in [0.05, 0.1) is 24.4 Å². The Morgan fingerprint density at radius 3 is 2.69 bits per heavy atom. The van der Waals surface area contributed by atoms with Crippen molar-refractivity contribution in [2.45, 2.75) is 13.0 Å². The number of aromatic nitrogens is 2. The number of hydrogen-bond donors (Lipinski definition) is 0. The number of rotatable bonds is 7. The van der Waals surface area contributed by atoms with Gasteiger partial charge in [-0.1, -0.05) is 22.8 Å². The predicted molar refractivity (Wildman–Crippen MR) is 111 cm³/mol. The van der Waals surface area contributed by atoms with Gasteiger partial charge >= 0.3 is 0 Å². The van der Waals surface area contributed by atoms with Crippen LogP contribution in [0.15, 0.2) is 46.3 Å². The van der Waals surface area contributed by atoms with Gasteiger partial charge in [0.25, 0.3) is 5.89 Å². The highest BCUT2D eigenvalue weighted by Gasteiger charge is 2.22. The molecule has 0 bridgehead atoms. The average molecular weight is 433 g/mol. The van der Waals surface area contributed by atoms with Crippen LogP contribution in [0.4, 0.5) is 0 Å². The van der Waals surface area contributed by atoms with E-state index in [4.69, 9.17) is 20.9 Å². The topological polar surface area (TPSA) is 71.7 Å². The van der Waals surface area contributed by atoms with Gasteiger partial charge in [-0.15, -0.1) is 11.3 Å². The fourth-order valence-corrected chi connectivity index (χ4v) is 3.89. The normalized spacial score (nSPS) is 14.9. The van der Waals surface area contributed by atoms with Gasteiger partial charge in [-0.25, -0.2) is 0 Å². The van der Waals surface area contributed by atoms with Gasteiger partial charge in [-0.05, 0) is 35.7 Å². The highest BCUT2D eigenvalue weighted by molar-refractivity contribution is 7.13. The molecule has 3 heterocycles. The number of benzene rings is 1. The Morgan fingerprint density at radius 1 is 1.17 bits per heavy atom. The van der Waals surface area contributed by atoms with Gasteiger partial charge in [-0.3, -0.25) is 9.69 Å². The second-order valence-electron chi connectivity index (χ2n) is 6.70. The molecule has 7 nitrogen and oxygen atoms in total. The van der Waals surface area contributed by atoms with Gasteiger partial charge in [0.1, 0.15) is 5.75 Å². The maximum absolute atomic E-state index is 12.4. The molecule has 1 fully saturated rings. The molecule has 0 aliphatic carbocycles. The minimum absolute atomic E-state index is 0.109. The molecular weight excluding hydrogens is 412 g/mol. The Morgan fingerprint density at radius 2 is 1.97 bits per heavy atom. The molecule has 0 N–H and O–H groups in total. The number of halogens is 1. The Labute approximate surface area is 177 Å².